The lowest BCUT2D eigenvalue weighted by Crippen LogP contribution is -2.19. The monoisotopic (exact) mass is 263 g/mol. The molecule has 0 bridgehead atoms. The molecule has 0 aliphatic carbocycles. The predicted octanol–water partition coefficient (Wildman–Crippen LogP) is 1.83. The van der Waals surface area contributed by atoms with Crippen LogP contribution in [0, 0.1) is 5.92 Å². The zero-order valence-electron chi connectivity index (χ0n) is 11.6. The summed E-state index contributed by atoms with van der Waals surface area (Å²) in [7, 11) is 1.81. The molecule has 0 unspecified atom stereocenters. The molecule has 3 N–H and O–H groups in total. The fraction of sp³-hybridized carbons (Fsp3) is 0.429. The fourth-order valence-electron chi connectivity index (χ4n) is 1.39. The maximum atomic E-state index is 11.5. The quantitative estimate of drug-likeness (QED) is 0.733. The SMILES string of the molecule is CNCCC(=O)Nc1ccc(NC(=O)C(C)C)cc1. The number of rotatable bonds is 6. The molecule has 19 heavy (non-hydrogen) atoms. The number of hydrogen-bond acceptors (Lipinski definition) is 3. The summed E-state index contributed by atoms with van der Waals surface area (Å²) in [5.41, 5.74) is 1.45. The van der Waals surface area contributed by atoms with Gasteiger partial charge in [-0.2, -0.15) is 0 Å². The van der Waals surface area contributed by atoms with Gasteiger partial charge in [0.1, 0.15) is 0 Å². The largest absolute Gasteiger partial charge is 0.326 e. The van der Waals surface area contributed by atoms with Crippen molar-refractivity contribution in [1.82, 2.24) is 5.32 Å². The second-order valence-electron chi connectivity index (χ2n) is 4.62. The first-order chi connectivity index (χ1) is 9.02. The van der Waals surface area contributed by atoms with E-state index in [1.807, 2.05) is 13.8 Å². The molecule has 2 amide bonds. The average Bonchev–Trinajstić information content (AvgIpc) is 2.38. The molecular weight excluding hydrogens is 242 g/mol. The van der Waals surface area contributed by atoms with Gasteiger partial charge in [-0.3, -0.25) is 9.59 Å². The van der Waals surface area contributed by atoms with Gasteiger partial charge in [-0.15, -0.1) is 0 Å². The van der Waals surface area contributed by atoms with Crippen molar-refractivity contribution in [2.75, 3.05) is 24.2 Å². The summed E-state index contributed by atoms with van der Waals surface area (Å²) in [5, 5.41) is 8.50. The Hall–Kier alpha value is -1.88. The molecule has 1 rings (SSSR count). The molecular formula is C14H21N3O2. The van der Waals surface area contributed by atoms with E-state index in [4.69, 9.17) is 0 Å². The van der Waals surface area contributed by atoms with Gasteiger partial charge >= 0.3 is 0 Å². The molecule has 0 atom stereocenters. The van der Waals surface area contributed by atoms with Gasteiger partial charge in [0.2, 0.25) is 11.8 Å². The van der Waals surface area contributed by atoms with Gasteiger partial charge in [-0.05, 0) is 31.3 Å². The summed E-state index contributed by atoms with van der Waals surface area (Å²) in [6.45, 7) is 4.33. The third-order valence-electron chi connectivity index (χ3n) is 2.56. The highest BCUT2D eigenvalue weighted by Crippen LogP contribution is 2.14. The number of benzene rings is 1. The summed E-state index contributed by atoms with van der Waals surface area (Å²) >= 11 is 0. The molecule has 0 spiro atoms. The van der Waals surface area contributed by atoms with Gasteiger partial charge in [-0.25, -0.2) is 0 Å². The van der Waals surface area contributed by atoms with Gasteiger partial charge in [-0.1, -0.05) is 13.8 Å². The zero-order chi connectivity index (χ0) is 14.3. The first-order valence-corrected chi connectivity index (χ1v) is 6.38. The average molecular weight is 263 g/mol. The van der Waals surface area contributed by atoms with E-state index in [-0.39, 0.29) is 17.7 Å². The van der Waals surface area contributed by atoms with Crippen molar-refractivity contribution in [3.8, 4) is 0 Å². The normalized spacial score (nSPS) is 10.3. The van der Waals surface area contributed by atoms with E-state index in [1.54, 1.807) is 31.3 Å². The van der Waals surface area contributed by atoms with Crippen molar-refractivity contribution in [1.29, 1.82) is 0 Å². The molecule has 0 fully saturated rings. The van der Waals surface area contributed by atoms with Crippen LogP contribution >= 0.6 is 0 Å². The Bertz CT molecular complexity index is 427. The Kier molecular flexibility index (Phi) is 6.02. The zero-order valence-corrected chi connectivity index (χ0v) is 11.6. The Morgan fingerprint density at radius 2 is 1.58 bits per heavy atom. The van der Waals surface area contributed by atoms with Crippen LogP contribution in [0.4, 0.5) is 11.4 Å². The Morgan fingerprint density at radius 1 is 1.05 bits per heavy atom. The second kappa shape index (κ2) is 7.53. The first kappa shape index (κ1) is 15.2. The third kappa shape index (κ3) is 5.52. The summed E-state index contributed by atoms with van der Waals surface area (Å²) in [6.07, 6.45) is 0.433. The molecule has 0 saturated heterocycles. The highest BCUT2D eigenvalue weighted by Gasteiger charge is 2.07. The molecule has 5 heteroatoms. The Balaban J connectivity index is 2.52. The minimum atomic E-state index is -0.0547. The number of anilines is 2. The van der Waals surface area contributed by atoms with Crippen molar-refractivity contribution in [2.24, 2.45) is 5.92 Å². The molecule has 0 aromatic heterocycles. The highest BCUT2D eigenvalue weighted by atomic mass is 16.2. The lowest BCUT2D eigenvalue weighted by atomic mass is 10.2. The number of carbonyl (C=O) groups excluding carboxylic acids is 2. The topological polar surface area (TPSA) is 70.2 Å². The van der Waals surface area contributed by atoms with Gasteiger partial charge in [0.25, 0.3) is 0 Å². The summed E-state index contributed by atoms with van der Waals surface area (Å²) < 4.78 is 0. The van der Waals surface area contributed by atoms with E-state index in [0.717, 1.165) is 11.4 Å². The highest BCUT2D eigenvalue weighted by molar-refractivity contribution is 5.93. The van der Waals surface area contributed by atoms with Crippen molar-refractivity contribution in [3.63, 3.8) is 0 Å². The van der Waals surface area contributed by atoms with E-state index < -0.39 is 0 Å². The minimum absolute atomic E-state index is 0.0224. The van der Waals surface area contributed by atoms with Gasteiger partial charge in [0, 0.05) is 30.3 Å². The maximum Gasteiger partial charge on any atom is 0.226 e. The number of nitrogens with one attached hydrogen (secondary N) is 3. The van der Waals surface area contributed by atoms with Crippen molar-refractivity contribution in [3.05, 3.63) is 24.3 Å². The third-order valence-corrected chi connectivity index (χ3v) is 2.56. The molecule has 0 aliphatic heterocycles. The van der Waals surface area contributed by atoms with Crippen LogP contribution in [0.2, 0.25) is 0 Å². The number of amides is 2. The van der Waals surface area contributed by atoms with Crippen LogP contribution < -0.4 is 16.0 Å². The Morgan fingerprint density at radius 3 is 2.05 bits per heavy atom. The molecule has 0 aliphatic rings. The molecule has 0 saturated carbocycles. The van der Waals surface area contributed by atoms with E-state index in [1.165, 1.54) is 0 Å². The van der Waals surface area contributed by atoms with Crippen molar-refractivity contribution in [2.45, 2.75) is 20.3 Å². The lowest BCUT2D eigenvalue weighted by Gasteiger charge is -2.09. The minimum Gasteiger partial charge on any atom is -0.326 e. The van der Waals surface area contributed by atoms with Crippen LogP contribution in [0.25, 0.3) is 0 Å². The smallest absolute Gasteiger partial charge is 0.226 e. The van der Waals surface area contributed by atoms with E-state index in [2.05, 4.69) is 16.0 Å². The predicted molar refractivity (Wildman–Crippen MR) is 77.1 cm³/mol. The summed E-state index contributed by atoms with van der Waals surface area (Å²) in [5.74, 6) is -0.111. The molecule has 104 valence electrons. The van der Waals surface area contributed by atoms with E-state index in [9.17, 15) is 9.59 Å². The van der Waals surface area contributed by atoms with Crippen LogP contribution in [0.5, 0.6) is 0 Å². The molecule has 1 aromatic carbocycles. The van der Waals surface area contributed by atoms with Crippen LogP contribution in [-0.4, -0.2) is 25.4 Å². The molecule has 0 radical (unpaired) electrons. The van der Waals surface area contributed by atoms with E-state index >= 15 is 0 Å². The standard InChI is InChI=1S/C14H21N3O2/c1-10(2)14(19)17-12-6-4-11(5-7-12)16-13(18)8-9-15-3/h4-7,10,15H,8-9H2,1-3H3,(H,16,18)(H,17,19). The second-order valence-corrected chi connectivity index (χ2v) is 4.62. The molecule has 1 aromatic rings. The van der Waals surface area contributed by atoms with Gasteiger partial charge < -0.3 is 16.0 Å². The lowest BCUT2D eigenvalue weighted by molar-refractivity contribution is -0.119. The number of carbonyl (C=O) groups is 2. The van der Waals surface area contributed by atoms with Crippen molar-refractivity contribution < 1.29 is 9.59 Å². The van der Waals surface area contributed by atoms with Crippen LogP contribution in [0.15, 0.2) is 24.3 Å². The summed E-state index contributed by atoms with van der Waals surface area (Å²) in [4.78, 5) is 23.0. The number of hydrogen-bond donors (Lipinski definition) is 3. The van der Waals surface area contributed by atoms with Crippen LogP contribution in [0.3, 0.4) is 0 Å². The van der Waals surface area contributed by atoms with Crippen LogP contribution in [0.1, 0.15) is 20.3 Å². The fourth-order valence-corrected chi connectivity index (χ4v) is 1.39. The Labute approximate surface area is 113 Å². The maximum absolute atomic E-state index is 11.5. The van der Waals surface area contributed by atoms with Crippen molar-refractivity contribution >= 4 is 23.2 Å². The van der Waals surface area contributed by atoms with E-state index in [0.29, 0.717) is 13.0 Å². The summed E-state index contributed by atoms with van der Waals surface area (Å²) in [6, 6.07) is 7.09. The molecule has 0 heterocycles. The first-order valence-electron chi connectivity index (χ1n) is 6.38. The van der Waals surface area contributed by atoms with Gasteiger partial charge in [0.05, 0.1) is 0 Å². The van der Waals surface area contributed by atoms with Crippen LogP contribution in [-0.2, 0) is 9.59 Å². The molecule has 5 nitrogen and oxygen atoms in total. The van der Waals surface area contributed by atoms with Gasteiger partial charge in [0.15, 0.2) is 0 Å².